The Hall–Kier alpha value is -3.42. The molecule has 1 aliphatic heterocycles. The van der Waals surface area contributed by atoms with Gasteiger partial charge in [0.25, 0.3) is 0 Å². The average Bonchev–Trinajstić information content (AvgIpc) is 2.88. The minimum absolute atomic E-state index is 0.130. The molecule has 1 saturated heterocycles. The second-order valence-corrected chi connectivity index (χ2v) is 8.97. The van der Waals surface area contributed by atoms with Gasteiger partial charge in [0.2, 0.25) is 0 Å². The van der Waals surface area contributed by atoms with E-state index in [1.165, 1.54) is 0 Å². The van der Waals surface area contributed by atoms with Gasteiger partial charge in [-0.05, 0) is 47.4 Å². The van der Waals surface area contributed by atoms with E-state index in [1.54, 1.807) is 24.3 Å². The van der Waals surface area contributed by atoms with Gasteiger partial charge in [-0.2, -0.15) is 0 Å². The van der Waals surface area contributed by atoms with Crippen LogP contribution < -0.4 is 5.32 Å². The highest BCUT2D eigenvalue weighted by Gasteiger charge is 2.19. The van der Waals surface area contributed by atoms with Crippen molar-refractivity contribution in [3.05, 3.63) is 83.4 Å². The van der Waals surface area contributed by atoms with E-state index in [0.717, 1.165) is 61.2 Å². The summed E-state index contributed by atoms with van der Waals surface area (Å²) in [7, 11) is 0. The van der Waals surface area contributed by atoms with Crippen molar-refractivity contribution >= 4 is 22.8 Å². The molecule has 4 rings (SSSR count). The molecule has 0 aliphatic carbocycles. The first-order valence-electron chi connectivity index (χ1n) is 12.2. The number of carboxylic acid groups (broad SMARTS) is 1. The summed E-state index contributed by atoms with van der Waals surface area (Å²) >= 11 is 0. The number of nitrogens with zero attached hydrogens (tertiary/aromatic N) is 2. The van der Waals surface area contributed by atoms with Crippen molar-refractivity contribution in [2.24, 2.45) is 0 Å². The fraction of sp³-hybridized carbons (Fsp3) is 0.357. The Labute approximate surface area is 206 Å². The number of carbonyl (C=O) groups is 2. The Balaban J connectivity index is 1.45. The summed E-state index contributed by atoms with van der Waals surface area (Å²) in [5, 5.41) is 14.6. The topological polar surface area (TPSA) is 82.1 Å². The first-order chi connectivity index (χ1) is 17.0. The van der Waals surface area contributed by atoms with Crippen LogP contribution in [0.15, 0.2) is 66.7 Å². The van der Waals surface area contributed by atoms with E-state index in [0.29, 0.717) is 13.1 Å². The fourth-order valence-electron chi connectivity index (χ4n) is 4.52. The number of nitrogens with one attached hydrogen (secondary N) is 1. The molecule has 2 N–H and O–H groups in total. The monoisotopic (exact) mass is 475 g/mol. The predicted molar refractivity (Wildman–Crippen MR) is 137 cm³/mol. The molecule has 0 radical (unpaired) electrons. The van der Waals surface area contributed by atoms with Crippen LogP contribution >= 0.6 is 0 Å². The predicted octanol–water partition coefficient (Wildman–Crippen LogP) is 4.53. The molecule has 0 saturated carbocycles. The summed E-state index contributed by atoms with van der Waals surface area (Å²) < 4.78 is 5.43. The molecule has 1 fully saturated rings. The van der Waals surface area contributed by atoms with E-state index in [9.17, 15) is 14.7 Å². The summed E-state index contributed by atoms with van der Waals surface area (Å²) in [6.45, 7) is 7.27. The van der Waals surface area contributed by atoms with Crippen LogP contribution in [0.25, 0.3) is 10.8 Å². The highest BCUT2D eigenvalue weighted by Crippen LogP contribution is 2.24. The number of carbonyl (C=O) groups excluding carboxylic acids is 1. The van der Waals surface area contributed by atoms with Crippen molar-refractivity contribution in [1.29, 1.82) is 0 Å². The number of hydrogen-bond donors (Lipinski definition) is 2. The van der Waals surface area contributed by atoms with Crippen LogP contribution in [-0.4, -0.2) is 66.3 Å². The summed E-state index contributed by atoms with van der Waals surface area (Å²) in [5.41, 5.74) is 2.21. The van der Waals surface area contributed by atoms with Gasteiger partial charge in [0, 0.05) is 32.7 Å². The number of carboxylic acids is 1. The van der Waals surface area contributed by atoms with Crippen molar-refractivity contribution in [2.75, 3.05) is 39.4 Å². The van der Waals surface area contributed by atoms with Gasteiger partial charge in [0.05, 0.1) is 24.8 Å². The van der Waals surface area contributed by atoms with E-state index < -0.39 is 5.97 Å². The lowest BCUT2D eigenvalue weighted by Crippen LogP contribution is -2.43. The maximum absolute atomic E-state index is 13.4. The number of aromatic carboxylic acids is 1. The maximum atomic E-state index is 13.4. The Kier molecular flexibility index (Phi) is 8.34. The zero-order valence-corrected chi connectivity index (χ0v) is 20.2. The maximum Gasteiger partial charge on any atom is 0.335 e. The summed E-state index contributed by atoms with van der Waals surface area (Å²) in [5.74, 6) is -0.958. The first kappa shape index (κ1) is 24.7. The molecule has 0 aromatic heterocycles. The van der Waals surface area contributed by atoms with Crippen LogP contribution in [0.3, 0.4) is 0 Å². The molecule has 7 heteroatoms. The van der Waals surface area contributed by atoms with Crippen LogP contribution in [0, 0.1) is 0 Å². The molecule has 0 bridgehead atoms. The average molecular weight is 476 g/mol. The molecule has 0 spiro atoms. The second kappa shape index (κ2) is 11.8. The molecular formula is C28H33N3O4. The fourth-order valence-corrected chi connectivity index (χ4v) is 4.52. The standard InChI is InChI=1S/C28H33N3O4/c1-21(25-9-4-7-23-6-2-3-8-26(23)25)29-28(34)31(15-5-14-30-16-18-35-19-17-30)20-22-10-12-24(13-11-22)27(32)33/h2-4,6-13,21H,5,14-20H2,1H3,(H,29,34)(H,32,33). The number of hydrogen-bond acceptors (Lipinski definition) is 4. The Morgan fingerprint density at radius 3 is 2.49 bits per heavy atom. The van der Waals surface area contributed by atoms with Crippen LogP contribution in [0.5, 0.6) is 0 Å². The highest BCUT2D eigenvalue weighted by atomic mass is 16.5. The Morgan fingerprint density at radius 2 is 1.74 bits per heavy atom. The largest absolute Gasteiger partial charge is 0.478 e. The van der Waals surface area contributed by atoms with Gasteiger partial charge in [-0.3, -0.25) is 4.90 Å². The van der Waals surface area contributed by atoms with Crippen molar-refractivity contribution < 1.29 is 19.4 Å². The molecule has 2 amide bonds. The van der Waals surface area contributed by atoms with Gasteiger partial charge in [-0.15, -0.1) is 0 Å². The third kappa shape index (κ3) is 6.59. The Morgan fingerprint density at radius 1 is 1.03 bits per heavy atom. The molecule has 35 heavy (non-hydrogen) atoms. The molecule has 1 aliphatic rings. The third-order valence-corrected chi connectivity index (χ3v) is 6.50. The minimum atomic E-state index is -0.958. The minimum Gasteiger partial charge on any atom is -0.478 e. The third-order valence-electron chi connectivity index (χ3n) is 6.50. The van der Waals surface area contributed by atoms with Crippen LogP contribution in [0.1, 0.15) is 40.9 Å². The highest BCUT2D eigenvalue weighted by molar-refractivity contribution is 5.88. The number of fused-ring (bicyclic) bond motifs is 1. The lowest BCUT2D eigenvalue weighted by molar-refractivity contribution is 0.0364. The second-order valence-electron chi connectivity index (χ2n) is 8.97. The van der Waals surface area contributed by atoms with E-state index in [-0.39, 0.29) is 17.6 Å². The zero-order valence-electron chi connectivity index (χ0n) is 20.2. The number of morpholine rings is 1. The molecule has 1 unspecified atom stereocenters. The molecule has 3 aromatic rings. The molecule has 3 aromatic carbocycles. The molecule has 1 atom stereocenters. The zero-order chi connectivity index (χ0) is 24.6. The van der Waals surface area contributed by atoms with Crippen molar-refractivity contribution in [2.45, 2.75) is 25.9 Å². The van der Waals surface area contributed by atoms with Gasteiger partial charge < -0.3 is 20.1 Å². The SMILES string of the molecule is CC(NC(=O)N(CCCN1CCOCC1)Cc1ccc(C(=O)O)cc1)c1cccc2ccccc12. The van der Waals surface area contributed by atoms with Gasteiger partial charge in [0.15, 0.2) is 0 Å². The molecular weight excluding hydrogens is 442 g/mol. The van der Waals surface area contributed by atoms with Gasteiger partial charge in [-0.25, -0.2) is 9.59 Å². The van der Waals surface area contributed by atoms with Crippen molar-refractivity contribution in [1.82, 2.24) is 15.1 Å². The number of ether oxygens (including phenoxy) is 1. The van der Waals surface area contributed by atoms with E-state index in [4.69, 9.17) is 4.74 Å². The number of rotatable bonds is 9. The first-order valence-corrected chi connectivity index (χ1v) is 12.2. The number of amides is 2. The lowest BCUT2D eigenvalue weighted by atomic mass is 10.00. The quantitative estimate of drug-likeness (QED) is 0.475. The Bertz CT molecular complexity index is 1140. The van der Waals surface area contributed by atoms with Crippen LogP contribution in [0.2, 0.25) is 0 Å². The van der Waals surface area contributed by atoms with Gasteiger partial charge in [-0.1, -0.05) is 54.6 Å². The summed E-state index contributed by atoms with van der Waals surface area (Å²) in [6.07, 6.45) is 0.850. The summed E-state index contributed by atoms with van der Waals surface area (Å²) in [4.78, 5) is 28.8. The lowest BCUT2D eigenvalue weighted by Gasteiger charge is -2.29. The smallest absolute Gasteiger partial charge is 0.335 e. The van der Waals surface area contributed by atoms with Crippen LogP contribution in [-0.2, 0) is 11.3 Å². The van der Waals surface area contributed by atoms with Crippen LogP contribution in [0.4, 0.5) is 4.79 Å². The van der Waals surface area contributed by atoms with Gasteiger partial charge >= 0.3 is 12.0 Å². The molecule has 7 nitrogen and oxygen atoms in total. The van der Waals surface area contributed by atoms with E-state index in [2.05, 4.69) is 34.5 Å². The van der Waals surface area contributed by atoms with Crippen molar-refractivity contribution in [3.8, 4) is 0 Å². The number of benzene rings is 3. The number of urea groups is 1. The van der Waals surface area contributed by atoms with E-state index in [1.807, 2.05) is 30.0 Å². The van der Waals surface area contributed by atoms with E-state index >= 15 is 0 Å². The molecule has 1 heterocycles. The normalized spacial score (nSPS) is 15.0. The molecule has 184 valence electrons. The van der Waals surface area contributed by atoms with Gasteiger partial charge in [0.1, 0.15) is 0 Å². The van der Waals surface area contributed by atoms with Crippen molar-refractivity contribution in [3.63, 3.8) is 0 Å². The summed E-state index contributed by atoms with van der Waals surface area (Å²) in [6, 6.07) is 20.8.